The molecule has 0 aliphatic heterocycles. The Bertz CT molecular complexity index is 466. The van der Waals surface area contributed by atoms with Crippen LogP contribution in [0.1, 0.15) is 17.1 Å². The van der Waals surface area contributed by atoms with Crippen LogP contribution in [0.4, 0.5) is 0 Å². The molecule has 0 saturated carbocycles. The summed E-state index contributed by atoms with van der Waals surface area (Å²) in [4.78, 5) is 0. The molecule has 1 aromatic carbocycles. The van der Waals surface area contributed by atoms with Crippen LogP contribution in [0.2, 0.25) is 0 Å². The minimum Gasteiger partial charge on any atom is -0.465 e. The van der Waals surface area contributed by atoms with Crippen LogP contribution in [-0.4, -0.2) is 0 Å². The molecule has 1 aliphatic rings. The second-order valence-corrected chi connectivity index (χ2v) is 3.53. The zero-order valence-corrected chi connectivity index (χ0v) is 7.50. The first-order valence-electron chi connectivity index (χ1n) is 4.52. The van der Waals surface area contributed by atoms with Crippen molar-refractivity contribution < 1.29 is 4.42 Å². The average molecular weight is 170 g/mol. The number of hydrogen-bond donors (Lipinski definition) is 0. The van der Waals surface area contributed by atoms with Crippen LogP contribution in [0.15, 0.2) is 34.7 Å². The Morgan fingerprint density at radius 1 is 1.15 bits per heavy atom. The summed E-state index contributed by atoms with van der Waals surface area (Å²) < 4.78 is 5.61. The third-order valence-electron chi connectivity index (χ3n) is 2.59. The van der Waals surface area contributed by atoms with Gasteiger partial charge in [-0.1, -0.05) is 24.3 Å². The average Bonchev–Trinajstić information content (AvgIpc) is 2.60. The third-order valence-corrected chi connectivity index (χ3v) is 2.59. The molecule has 0 atom stereocenters. The molecule has 2 aromatic rings. The number of furan rings is 1. The minimum absolute atomic E-state index is 0.958. The monoisotopic (exact) mass is 170 g/mol. The van der Waals surface area contributed by atoms with Crippen molar-refractivity contribution in [1.82, 2.24) is 0 Å². The smallest absolute Gasteiger partial charge is 0.116 e. The van der Waals surface area contributed by atoms with Gasteiger partial charge >= 0.3 is 0 Å². The molecule has 1 heterocycles. The first-order chi connectivity index (χ1) is 6.34. The first kappa shape index (κ1) is 6.96. The number of rotatable bonds is 0. The molecule has 13 heavy (non-hydrogen) atoms. The maximum atomic E-state index is 5.61. The summed E-state index contributed by atoms with van der Waals surface area (Å²) in [5.41, 5.74) is 4.01. The van der Waals surface area contributed by atoms with E-state index in [-0.39, 0.29) is 0 Å². The zero-order chi connectivity index (χ0) is 8.84. The van der Waals surface area contributed by atoms with Crippen molar-refractivity contribution in [3.8, 4) is 11.1 Å². The highest BCUT2D eigenvalue weighted by Crippen LogP contribution is 2.37. The molecule has 0 saturated heterocycles. The highest BCUT2D eigenvalue weighted by molar-refractivity contribution is 5.75. The van der Waals surface area contributed by atoms with E-state index in [1.54, 1.807) is 0 Å². The van der Waals surface area contributed by atoms with Crippen molar-refractivity contribution >= 4 is 0 Å². The van der Waals surface area contributed by atoms with E-state index in [2.05, 4.69) is 30.3 Å². The summed E-state index contributed by atoms with van der Waals surface area (Å²) in [7, 11) is 0. The fourth-order valence-corrected chi connectivity index (χ4v) is 2.03. The Morgan fingerprint density at radius 3 is 2.92 bits per heavy atom. The lowest BCUT2D eigenvalue weighted by molar-refractivity contribution is 0.496. The van der Waals surface area contributed by atoms with Gasteiger partial charge in [-0.2, -0.15) is 0 Å². The first-order valence-corrected chi connectivity index (χ1v) is 4.52. The molecule has 0 bridgehead atoms. The van der Waals surface area contributed by atoms with Crippen LogP contribution in [0.25, 0.3) is 11.1 Å². The van der Waals surface area contributed by atoms with Gasteiger partial charge in [-0.15, -0.1) is 0 Å². The molecule has 0 unspecified atom stereocenters. The molecular weight excluding hydrogens is 160 g/mol. The van der Waals surface area contributed by atoms with E-state index < -0.39 is 0 Å². The van der Waals surface area contributed by atoms with Gasteiger partial charge in [-0.3, -0.25) is 0 Å². The molecular formula is C12H10O. The van der Waals surface area contributed by atoms with Crippen LogP contribution in [-0.2, 0) is 6.42 Å². The highest BCUT2D eigenvalue weighted by Gasteiger charge is 2.21. The van der Waals surface area contributed by atoms with Crippen molar-refractivity contribution in [3.63, 3.8) is 0 Å². The van der Waals surface area contributed by atoms with Gasteiger partial charge in [0.1, 0.15) is 11.5 Å². The number of fused-ring (bicyclic) bond motifs is 3. The van der Waals surface area contributed by atoms with Gasteiger partial charge < -0.3 is 4.42 Å². The number of hydrogen-bond acceptors (Lipinski definition) is 1. The Hall–Kier alpha value is -1.50. The van der Waals surface area contributed by atoms with Crippen LogP contribution in [0.3, 0.4) is 0 Å². The fraction of sp³-hybridized carbons (Fsp3) is 0.167. The molecule has 1 heteroatoms. The summed E-state index contributed by atoms with van der Waals surface area (Å²) in [6.07, 6.45) is 0.958. The van der Waals surface area contributed by atoms with E-state index in [0.29, 0.717) is 0 Å². The lowest BCUT2D eigenvalue weighted by atomic mass is 10.1. The largest absolute Gasteiger partial charge is 0.465 e. The van der Waals surface area contributed by atoms with Crippen molar-refractivity contribution in [2.45, 2.75) is 13.3 Å². The zero-order valence-electron chi connectivity index (χ0n) is 7.50. The molecule has 0 fully saturated rings. The molecule has 1 aromatic heterocycles. The van der Waals surface area contributed by atoms with E-state index in [1.807, 2.05) is 6.92 Å². The van der Waals surface area contributed by atoms with Crippen molar-refractivity contribution in [3.05, 3.63) is 47.4 Å². The Kier molecular flexibility index (Phi) is 1.21. The van der Waals surface area contributed by atoms with Gasteiger partial charge in [0.25, 0.3) is 0 Å². The lowest BCUT2D eigenvalue weighted by Gasteiger charge is -1.95. The number of aryl methyl sites for hydroxylation is 1. The molecule has 0 N–H and O–H groups in total. The van der Waals surface area contributed by atoms with Crippen LogP contribution >= 0.6 is 0 Å². The van der Waals surface area contributed by atoms with Crippen LogP contribution < -0.4 is 0 Å². The topological polar surface area (TPSA) is 13.1 Å². The summed E-state index contributed by atoms with van der Waals surface area (Å²) in [5, 5.41) is 0. The van der Waals surface area contributed by atoms with Crippen LogP contribution in [0.5, 0.6) is 0 Å². The van der Waals surface area contributed by atoms with Gasteiger partial charge in [-0.05, 0) is 24.1 Å². The Balaban J connectivity index is 2.30. The van der Waals surface area contributed by atoms with E-state index >= 15 is 0 Å². The molecule has 0 amide bonds. The molecule has 1 nitrogen and oxygen atoms in total. The van der Waals surface area contributed by atoms with Crippen molar-refractivity contribution in [2.75, 3.05) is 0 Å². The van der Waals surface area contributed by atoms with Gasteiger partial charge in [0.15, 0.2) is 0 Å². The quantitative estimate of drug-likeness (QED) is 0.505. The predicted molar refractivity (Wildman–Crippen MR) is 51.7 cm³/mol. The van der Waals surface area contributed by atoms with Gasteiger partial charge in [0, 0.05) is 12.0 Å². The summed E-state index contributed by atoms with van der Waals surface area (Å²) >= 11 is 0. The predicted octanol–water partition coefficient (Wildman–Crippen LogP) is 3.16. The Labute approximate surface area is 77.0 Å². The van der Waals surface area contributed by atoms with Crippen molar-refractivity contribution in [1.29, 1.82) is 0 Å². The SMILES string of the molecule is Cc1cc2c(o1)Cc1ccccc1-2. The number of benzene rings is 1. The molecule has 3 rings (SSSR count). The van der Waals surface area contributed by atoms with E-state index in [1.165, 1.54) is 16.7 Å². The minimum atomic E-state index is 0.958. The fourth-order valence-electron chi connectivity index (χ4n) is 2.03. The highest BCUT2D eigenvalue weighted by atomic mass is 16.3. The summed E-state index contributed by atoms with van der Waals surface area (Å²) in [6, 6.07) is 10.6. The molecule has 0 radical (unpaired) electrons. The maximum absolute atomic E-state index is 5.61. The van der Waals surface area contributed by atoms with Gasteiger partial charge in [-0.25, -0.2) is 0 Å². The van der Waals surface area contributed by atoms with Crippen LogP contribution in [0, 0.1) is 6.92 Å². The molecule has 1 aliphatic carbocycles. The molecule has 64 valence electrons. The lowest BCUT2D eigenvalue weighted by Crippen LogP contribution is -1.78. The van der Waals surface area contributed by atoms with Gasteiger partial charge in [0.2, 0.25) is 0 Å². The normalized spacial score (nSPS) is 12.7. The standard InChI is InChI=1S/C12H10O/c1-8-6-11-10-5-3-2-4-9(10)7-12(11)13-8/h2-6H,7H2,1H3. The van der Waals surface area contributed by atoms with E-state index in [9.17, 15) is 0 Å². The second kappa shape index (κ2) is 2.25. The van der Waals surface area contributed by atoms with E-state index in [0.717, 1.165) is 17.9 Å². The summed E-state index contributed by atoms with van der Waals surface area (Å²) in [5.74, 6) is 2.14. The Morgan fingerprint density at radius 2 is 2.00 bits per heavy atom. The summed E-state index contributed by atoms with van der Waals surface area (Å²) in [6.45, 7) is 2.00. The second-order valence-electron chi connectivity index (χ2n) is 3.53. The molecule has 0 spiro atoms. The third kappa shape index (κ3) is 0.872. The van der Waals surface area contributed by atoms with Gasteiger partial charge in [0.05, 0.1) is 0 Å². The van der Waals surface area contributed by atoms with E-state index in [4.69, 9.17) is 4.42 Å². The maximum Gasteiger partial charge on any atom is 0.116 e. The van der Waals surface area contributed by atoms with Crippen molar-refractivity contribution in [2.24, 2.45) is 0 Å².